The topological polar surface area (TPSA) is 37.3 Å². The lowest BCUT2D eigenvalue weighted by Gasteiger charge is -2.51. The zero-order valence-electron chi connectivity index (χ0n) is 16.9. The standard InChI is InChI=1S/C23H25F2N3O2/c1-2-27-13-11-23(12-14-27)28-20(18-5-3-4-6-21(18)30-23)15-19(26-28)16-7-9-17(10-8-16)29-22(24)25/h3-10,20,22H,2,11-15H2,1H3/t20-/m0/s1. The van der Waals surface area contributed by atoms with Crippen LogP contribution in [0.1, 0.15) is 43.4 Å². The minimum atomic E-state index is -2.82. The Morgan fingerprint density at radius 2 is 1.87 bits per heavy atom. The summed E-state index contributed by atoms with van der Waals surface area (Å²) in [5, 5.41) is 7.18. The molecule has 1 atom stereocenters. The van der Waals surface area contributed by atoms with Gasteiger partial charge in [0.25, 0.3) is 0 Å². The Labute approximate surface area is 174 Å². The minimum absolute atomic E-state index is 0.120. The molecule has 0 unspecified atom stereocenters. The molecule has 30 heavy (non-hydrogen) atoms. The number of benzene rings is 2. The van der Waals surface area contributed by atoms with Crippen LogP contribution in [0, 0.1) is 0 Å². The Balaban J connectivity index is 1.47. The third-order valence-electron chi connectivity index (χ3n) is 6.40. The molecule has 0 N–H and O–H groups in total. The van der Waals surface area contributed by atoms with Crippen molar-refractivity contribution >= 4 is 5.71 Å². The first kappa shape index (κ1) is 19.3. The lowest BCUT2D eigenvalue weighted by Crippen LogP contribution is -2.59. The van der Waals surface area contributed by atoms with E-state index in [1.165, 1.54) is 0 Å². The number of nitrogens with zero attached hydrogens (tertiary/aromatic N) is 3. The van der Waals surface area contributed by atoms with Gasteiger partial charge in [-0.3, -0.25) is 0 Å². The summed E-state index contributed by atoms with van der Waals surface area (Å²) in [6.07, 6.45) is 2.54. The molecule has 7 heteroatoms. The van der Waals surface area contributed by atoms with E-state index >= 15 is 0 Å². The van der Waals surface area contributed by atoms with Crippen LogP contribution in [0.2, 0.25) is 0 Å². The molecule has 0 bridgehead atoms. The number of para-hydroxylation sites is 1. The van der Waals surface area contributed by atoms with E-state index in [0.717, 1.165) is 61.5 Å². The van der Waals surface area contributed by atoms with Gasteiger partial charge in [-0.2, -0.15) is 13.9 Å². The van der Waals surface area contributed by atoms with E-state index in [4.69, 9.17) is 9.84 Å². The molecule has 0 aromatic heterocycles. The van der Waals surface area contributed by atoms with Crippen molar-refractivity contribution in [2.75, 3.05) is 19.6 Å². The van der Waals surface area contributed by atoms with Gasteiger partial charge in [-0.1, -0.05) is 25.1 Å². The van der Waals surface area contributed by atoms with E-state index in [1.807, 2.05) is 12.1 Å². The number of halogens is 2. The fraction of sp³-hybridized carbons (Fsp3) is 0.435. The maximum Gasteiger partial charge on any atom is 0.387 e. The molecular formula is C23H25F2N3O2. The van der Waals surface area contributed by atoms with Crippen LogP contribution in [0.3, 0.4) is 0 Å². The van der Waals surface area contributed by atoms with Crippen LogP contribution >= 0.6 is 0 Å². The van der Waals surface area contributed by atoms with E-state index in [9.17, 15) is 8.78 Å². The summed E-state index contributed by atoms with van der Waals surface area (Å²) in [5.41, 5.74) is 2.58. The largest absolute Gasteiger partial charge is 0.466 e. The van der Waals surface area contributed by atoms with Crippen molar-refractivity contribution in [3.8, 4) is 11.5 Å². The molecule has 5 rings (SSSR count). The average molecular weight is 413 g/mol. The lowest BCUT2D eigenvalue weighted by atomic mass is 9.90. The Kier molecular flexibility index (Phi) is 4.85. The quantitative estimate of drug-likeness (QED) is 0.732. The van der Waals surface area contributed by atoms with Crippen LogP contribution in [0.4, 0.5) is 8.78 Å². The number of ether oxygens (including phenoxy) is 2. The summed E-state index contributed by atoms with van der Waals surface area (Å²) in [6, 6.07) is 15.1. The van der Waals surface area contributed by atoms with Gasteiger partial charge in [-0.15, -0.1) is 0 Å². The number of hydrogen-bond donors (Lipinski definition) is 0. The highest BCUT2D eigenvalue weighted by Gasteiger charge is 2.51. The number of rotatable bonds is 4. The summed E-state index contributed by atoms with van der Waals surface area (Å²) in [6.45, 7) is 2.36. The summed E-state index contributed by atoms with van der Waals surface area (Å²) in [5.74, 6) is 1.10. The number of piperidine rings is 1. The highest BCUT2D eigenvalue weighted by Crippen LogP contribution is 2.49. The predicted octanol–water partition coefficient (Wildman–Crippen LogP) is 4.64. The van der Waals surface area contributed by atoms with Gasteiger partial charge < -0.3 is 14.4 Å². The molecule has 1 fully saturated rings. The third-order valence-corrected chi connectivity index (χ3v) is 6.40. The minimum Gasteiger partial charge on any atom is -0.466 e. The molecule has 1 spiro atoms. The zero-order chi connectivity index (χ0) is 20.7. The average Bonchev–Trinajstić information content (AvgIpc) is 3.21. The SMILES string of the molecule is CCN1CCC2(CC1)Oc1ccccc1[C@@H]1CC(c3ccc(OC(F)F)cc3)=NN12. The smallest absolute Gasteiger partial charge is 0.387 e. The van der Waals surface area contributed by atoms with Crippen molar-refractivity contribution in [1.82, 2.24) is 9.91 Å². The normalized spacial score (nSPS) is 22.5. The number of alkyl halides is 2. The molecule has 0 saturated carbocycles. The molecule has 3 aliphatic rings. The molecule has 5 nitrogen and oxygen atoms in total. The van der Waals surface area contributed by atoms with Crippen LogP contribution in [-0.2, 0) is 0 Å². The first-order valence-corrected chi connectivity index (χ1v) is 10.5. The van der Waals surface area contributed by atoms with Crippen LogP contribution in [0.25, 0.3) is 0 Å². The Morgan fingerprint density at radius 1 is 1.13 bits per heavy atom. The first-order chi connectivity index (χ1) is 14.6. The lowest BCUT2D eigenvalue weighted by molar-refractivity contribution is -0.149. The maximum absolute atomic E-state index is 12.4. The van der Waals surface area contributed by atoms with Gasteiger partial charge in [0.15, 0.2) is 0 Å². The molecule has 0 aliphatic carbocycles. The second-order valence-electron chi connectivity index (χ2n) is 8.03. The van der Waals surface area contributed by atoms with E-state index in [0.29, 0.717) is 0 Å². The van der Waals surface area contributed by atoms with Gasteiger partial charge in [0.1, 0.15) is 11.5 Å². The van der Waals surface area contributed by atoms with Crippen molar-refractivity contribution in [2.24, 2.45) is 5.10 Å². The maximum atomic E-state index is 12.4. The zero-order valence-corrected chi connectivity index (χ0v) is 16.9. The van der Waals surface area contributed by atoms with Crippen LogP contribution in [0.15, 0.2) is 53.6 Å². The fourth-order valence-corrected chi connectivity index (χ4v) is 4.78. The van der Waals surface area contributed by atoms with E-state index in [1.54, 1.807) is 24.3 Å². The van der Waals surface area contributed by atoms with E-state index < -0.39 is 12.3 Å². The van der Waals surface area contributed by atoms with Crippen LogP contribution in [-0.4, -0.2) is 47.6 Å². The van der Waals surface area contributed by atoms with Crippen molar-refractivity contribution in [3.05, 3.63) is 59.7 Å². The second-order valence-corrected chi connectivity index (χ2v) is 8.03. The summed E-state index contributed by atoms with van der Waals surface area (Å²) in [4.78, 5) is 2.44. The summed E-state index contributed by atoms with van der Waals surface area (Å²) in [7, 11) is 0. The van der Waals surface area contributed by atoms with Gasteiger partial charge in [-0.05, 0) is 42.4 Å². The van der Waals surface area contributed by atoms with Gasteiger partial charge in [-0.25, -0.2) is 5.01 Å². The fourth-order valence-electron chi connectivity index (χ4n) is 4.78. The van der Waals surface area contributed by atoms with Gasteiger partial charge in [0.05, 0.1) is 11.8 Å². The molecule has 158 valence electrons. The molecule has 2 aromatic rings. The number of fused-ring (bicyclic) bond motifs is 4. The van der Waals surface area contributed by atoms with Crippen LogP contribution in [0.5, 0.6) is 11.5 Å². The predicted molar refractivity (Wildman–Crippen MR) is 110 cm³/mol. The highest BCUT2D eigenvalue weighted by molar-refractivity contribution is 6.02. The van der Waals surface area contributed by atoms with Crippen molar-refractivity contribution in [1.29, 1.82) is 0 Å². The van der Waals surface area contributed by atoms with Crippen molar-refractivity contribution < 1.29 is 18.3 Å². The molecule has 0 amide bonds. The molecule has 3 aliphatic heterocycles. The molecule has 1 saturated heterocycles. The molecule has 2 aromatic carbocycles. The molecule has 3 heterocycles. The second kappa shape index (κ2) is 7.54. The van der Waals surface area contributed by atoms with Crippen molar-refractivity contribution in [3.63, 3.8) is 0 Å². The highest BCUT2D eigenvalue weighted by atomic mass is 19.3. The Hall–Kier alpha value is -2.67. The first-order valence-electron chi connectivity index (χ1n) is 10.5. The molecule has 0 radical (unpaired) electrons. The van der Waals surface area contributed by atoms with E-state index in [2.05, 4.69) is 33.7 Å². The Morgan fingerprint density at radius 3 is 2.57 bits per heavy atom. The van der Waals surface area contributed by atoms with Gasteiger partial charge >= 0.3 is 6.61 Å². The summed E-state index contributed by atoms with van der Waals surface area (Å²) < 4.78 is 36.0. The van der Waals surface area contributed by atoms with E-state index in [-0.39, 0.29) is 11.8 Å². The number of hydrazone groups is 1. The van der Waals surface area contributed by atoms with Gasteiger partial charge in [0, 0.05) is 37.9 Å². The number of hydrogen-bond acceptors (Lipinski definition) is 5. The Bertz CT molecular complexity index is 940. The number of likely N-dealkylation sites (tertiary alicyclic amines) is 1. The summed E-state index contributed by atoms with van der Waals surface area (Å²) >= 11 is 0. The monoisotopic (exact) mass is 413 g/mol. The van der Waals surface area contributed by atoms with Crippen LogP contribution < -0.4 is 9.47 Å². The van der Waals surface area contributed by atoms with Crippen molar-refractivity contribution in [2.45, 2.75) is 44.6 Å². The van der Waals surface area contributed by atoms with Gasteiger partial charge in [0.2, 0.25) is 5.72 Å². The third kappa shape index (κ3) is 3.31. The molecular weight excluding hydrogens is 388 g/mol.